The average Bonchev–Trinajstić information content (AvgIpc) is 2.47. The molecule has 0 saturated carbocycles. The first-order valence-electron chi connectivity index (χ1n) is 7.43. The molecule has 0 bridgehead atoms. The molecule has 0 unspecified atom stereocenters. The SMILES string of the molecule is CS(=O)(=O)N1CCC(CNC/C=C\c2ccccc2)CC1. The number of rotatable bonds is 6. The molecule has 1 N–H and O–H groups in total. The van der Waals surface area contributed by atoms with E-state index in [1.54, 1.807) is 4.31 Å². The summed E-state index contributed by atoms with van der Waals surface area (Å²) in [6.07, 6.45) is 7.42. The minimum Gasteiger partial charge on any atom is -0.313 e. The first-order chi connectivity index (χ1) is 10.1. The molecule has 5 heteroatoms. The lowest BCUT2D eigenvalue weighted by atomic mass is 9.98. The zero-order chi connectivity index (χ0) is 15.1. The van der Waals surface area contributed by atoms with Crippen molar-refractivity contribution in [2.24, 2.45) is 5.92 Å². The summed E-state index contributed by atoms with van der Waals surface area (Å²) in [6.45, 7) is 3.12. The summed E-state index contributed by atoms with van der Waals surface area (Å²) < 4.78 is 24.4. The Kier molecular flexibility index (Phi) is 5.96. The van der Waals surface area contributed by atoms with E-state index in [9.17, 15) is 8.42 Å². The Morgan fingerprint density at radius 2 is 1.90 bits per heavy atom. The van der Waals surface area contributed by atoms with Gasteiger partial charge in [-0.3, -0.25) is 0 Å². The van der Waals surface area contributed by atoms with Gasteiger partial charge in [0.1, 0.15) is 0 Å². The van der Waals surface area contributed by atoms with Crippen LogP contribution in [0, 0.1) is 5.92 Å². The molecule has 0 radical (unpaired) electrons. The zero-order valence-corrected chi connectivity index (χ0v) is 13.3. The highest BCUT2D eigenvalue weighted by molar-refractivity contribution is 7.88. The molecule has 0 aromatic heterocycles. The highest BCUT2D eigenvalue weighted by Gasteiger charge is 2.24. The Bertz CT molecular complexity index is 547. The normalized spacial score (nSPS) is 18.3. The van der Waals surface area contributed by atoms with Crippen LogP contribution in [0.1, 0.15) is 18.4 Å². The molecule has 0 spiro atoms. The van der Waals surface area contributed by atoms with Crippen molar-refractivity contribution in [3.63, 3.8) is 0 Å². The van der Waals surface area contributed by atoms with Crippen molar-refractivity contribution >= 4 is 16.1 Å². The zero-order valence-electron chi connectivity index (χ0n) is 12.5. The number of piperidine rings is 1. The smallest absolute Gasteiger partial charge is 0.211 e. The quantitative estimate of drug-likeness (QED) is 0.817. The van der Waals surface area contributed by atoms with E-state index >= 15 is 0 Å². The molecular weight excluding hydrogens is 284 g/mol. The molecule has 1 aromatic rings. The first kappa shape index (κ1) is 16.2. The molecule has 0 atom stereocenters. The lowest BCUT2D eigenvalue weighted by Crippen LogP contribution is -2.40. The maximum atomic E-state index is 11.4. The van der Waals surface area contributed by atoms with Crippen molar-refractivity contribution in [1.82, 2.24) is 9.62 Å². The number of nitrogens with one attached hydrogen (secondary N) is 1. The van der Waals surface area contributed by atoms with E-state index in [0.29, 0.717) is 19.0 Å². The number of hydrogen-bond donors (Lipinski definition) is 1. The second-order valence-corrected chi connectivity index (χ2v) is 7.56. The molecule has 4 nitrogen and oxygen atoms in total. The molecule has 2 rings (SSSR count). The molecule has 1 aliphatic rings. The summed E-state index contributed by atoms with van der Waals surface area (Å²) >= 11 is 0. The fourth-order valence-corrected chi connectivity index (χ4v) is 3.45. The van der Waals surface area contributed by atoms with Gasteiger partial charge in [-0.25, -0.2) is 12.7 Å². The number of nitrogens with zero attached hydrogens (tertiary/aromatic N) is 1. The lowest BCUT2D eigenvalue weighted by molar-refractivity contribution is 0.270. The molecule has 1 saturated heterocycles. The van der Waals surface area contributed by atoms with Crippen molar-refractivity contribution in [1.29, 1.82) is 0 Å². The Balaban J connectivity index is 1.63. The van der Waals surface area contributed by atoms with Crippen LogP contribution in [-0.4, -0.2) is 45.2 Å². The van der Waals surface area contributed by atoms with Crippen LogP contribution in [0.3, 0.4) is 0 Å². The van der Waals surface area contributed by atoms with E-state index in [-0.39, 0.29) is 0 Å². The Morgan fingerprint density at radius 1 is 1.24 bits per heavy atom. The van der Waals surface area contributed by atoms with Gasteiger partial charge in [0, 0.05) is 19.6 Å². The van der Waals surface area contributed by atoms with Crippen molar-refractivity contribution < 1.29 is 8.42 Å². The third-order valence-corrected chi connectivity index (χ3v) is 5.15. The van der Waals surface area contributed by atoms with E-state index in [1.165, 1.54) is 11.8 Å². The van der Waals surface area contributed by atoms with Gasteiger partial charge in [-0.15, -0.1) is 0 Å². The van der Waals surface area contributed by atoms with Gasteiger partial charge in [0.05, 0.1) is 6.26 Å². The summed E-state index contributed by atoms with van der Waals surface area (Å²) in [7, 11) is -3.01. The highest BCUT2D eigenvalue weighted by atomic mass is 32.2. The minimum atomic E-state index is -3.01. The molecule has 1 aromatic carbocycles. The van der Waals surface area contributed by atoms with Gasteiger partial charge in [0.2, 0.25) is 10.0 Å². The van der Waals surface area contributed by atoms with Gasteiger partial charge in [-0.1, -0.05) is 42.5 Å². The molecule has 0 aliphatic carbocycles. The van der Waals surface area contributed by atoms with E-state index in [0.717, 1.165) is 25.9 Å². The molecule has 21 heavy (non-hydrogen) atoms. The van der Waals surface area contributed by atoms with Crippen molar-refractivity contribution in [2.45, 2.75) is 12.8 Å². The molecule has 1 heterocycles. The lowest BCUT2D eigenvalue weighted by Gasteiger charge is -2.30. The molecule has 1 aliphatic heterocycles. The largest absolute Gasteiger partial charge is 0.313 e. The van der Waals surface area contributed by atoms with Crippen LogP contribution >= 0.6 is 0 Å². The van der Waals surface area contributed by atoms with Crippen molar-refractivity contribution in [3.8, 4) is 0 Å². The summed E-state index contributed by atoms with van der Waals surface area (Å²) in [5, 5.41) is 3.42. The van der Waals surface area contributed by atoms with Crippen LogP contribution in [0.5, 0.6) is 0 Å². The number of sulfonamides is 1. The maximum absolute atomic E-state index is 11.4. The van der Waals surface area contributed by atoms with Gasteiger partial charge in [-0.2, -0.15) is 0 Å². The van der Waals surface area contributed by atoms with E-state index in [4.69, 9.17) is 0 Å². The highest BCUT2D eigenvalue weighted by Crippen LogP contribution is 2.18. The molecule has 0 amide bonds. The van der Waals surface area contributed by atoms with Gasteiger partial charge in [0.25, 0.3) is 0 Å². The van der Waals surface area contributed by atoms with Crippen LogP contribution in [-0.2, 0) is 10.0 Å². The Hall–Kier alpha value is -1.17. The fraction of sp³-hybridized carbons (Fsp3) is 0.500. The molecular formula is C16H24N2O2S. The second-order valence-electron chi connectivity index (χ2n) is 5.58. The standard InChI is InChI=1S/C16H24N2O2S/c1-21(19,20)18-12-9-16(10-13-18)14-17-11-5-8-15-6-3-2-4-7-15/h2-8,16-17H,9-14H2,1H3/b8-5-. The van der Waals surface area contributed by atoms with Crippen molar-refractivity contribution in [3.05, 3.63) is 42.0 Å². The minimum absolute atomic E-state index is 0.577. The molecule has 1 fully saturated rings. The first-order valence-corrected chi connectivity index (χ1v) is 9.28. The molecule has 116 valence electrons. The predicted molar refractivity (Wildman–Crippen MR) is 87.5 cm³/mol. The average molecular weight is 308 g/mol. The van der Waals surface area contributed by atoms with Crippen LogP contribution in [0.25, 0.3) is 6.08 Å². The summed E-state index contributed by atoms with van der Waals surface area (Å²) in [5.74, 6) is 0.577. The number of hydrogen-bond acceptors (Lipinski definition) is 3. The number of benzene rings is 1. The van der Waals surface area contributed by atoms with Crippen LogP contribution in [0.2, 0.25) is 0 Å². The van der Waals surface area contributed by atoms with Crippen LogP contribution < -0.4 is 5.32 Å². The van der Waals surface area contributed by atoms with E-state index < -0.39 is 10.0 Å². The van der Waals surface area contributed by atoms with E-state index in [1.807, 2.05) is 18.2 Å². The van der Waals surface area contributed by atoms with Gasteiger partial charge in [0.15, 0.2) is 0 Å². The predicted octanol–water partition coefficient (Wildman–Crippen LogP) is 1.96. The van der Waals surface area contributed by atoms with Gasteiger partial charge >= 0.3 is 0 Å². The summed E-state index contributed by atoms with van der Waals surface area (Å²) in [6, 6.07) is 10.2. The van der Waals surface area contributed by atoms with Crippen LogP contribution in [0.15, 0.2) is 36.4 Å². The summed E-state index contributed by atoms with van der Waals surface area (Å²) in [5.41, 5.74) is 1.21. The Morgan fingerprint density at radius 3 is 2.52 bits per heavy atom. The summed E-state index contributed by atoms with van der Waals surface area (Å²) in [4.78, 5) is 0. The Labute approximate surface area is 127 Å². The van der Waals surface area contributed by atoms with Gasteiger partial charge in [-0.05, 0) is 30.9 Å². The van der Waals surface area contributed by atoms with E-state index in [2.05, 4.69) is 29.6 Å². The van der Waals surface area contributed by atoms with Crippen LogP contribution in [0.4, 0.5) is 0 Å². The topological polar surface area (TPSA) is 49.4 Å². The monoisotopic (exact) mass is 308 g/mol. The third-order valence-electron chi connectivity index (χ3n) is 3.85. The third kappa shape index (κ3) is 5.61. The van der Waals surface area contributed by atoms with Crippen molar-refractivity contribution in [2.75, 3.05) is 32.4 Å². The van der Waals surface area contributed by atoms with Gasteiger partial charge < -0.3 is 5.32 Å². The maximum Gasteiger partial charge on any atom is 0.211 e. The second kappa shape index (κ2) is 7.73. The fourth-order valence-electron chi connectivity index (χ4n) is 2.57.